The maximum Gasteiger partial charge on any atom is 0.130 e. The number of methoxy groups -OCH3 is 1. The van der Waals surface area contributed by atoms with E-state index in [0.29, 0.717) is 0 Å². The van der Waals surface area contributed by atoms with Crippen LogP contribution in [0, 0.1) is 6.92 Å². The molecule has 0 saturated carbocycles. The number of ether oxygens (including phenoxy) is 1. The van der Waals surface area contributed by atoms with Crippen LogP contribution in [0.2, 0.25) is 0 Å². The Kier molecular flexibility index (Phi) is 4.79. The van der Waals surface area contributed by atoms with Crippen molar-refractivity contribution < 1.29 is 4.74 Å². The molecule has 1 N–H and O–H groups in total. The molecule has 2 aromatic heterocycles. The van der Waals surface area contributed by atoms with Gasteiger partial charge in [0, 0.05) is 35.7 Å². The van der Waals surface area contributed by atoms with Crippen LogP contribution in [0.4, 0.5) is 0 Å². The minimum absolute atomic E-state index is 0.0447. The van der Waals surface area contributed by atoms with Crippen molar-refractivity contribution >= 4 is 11.3 Å². The Bertz CT molecular complexity index is 761. The average molecular weight is 327 g/mol. The minimum Gasteiger partial charge on any atom is -0.497 e. The second kappa shape index (κ2) is 6.98. The number of hydrogen-bond acceptors (Lipinski definition) is 4. The molecule has 0 unspecified atom stereocenters. The number of nitrogens with zero attached hydrogens (tertiary/aromatic N) is 2. The zero-order chi connectivity index (χ0) is 16.2. The Morgan fingerprint density at radius 2 is 2.00 bits per heavy atom. The molecule has 0 aliphatic heterocycles. The third-order valence-electron chi connectivity index (χ3n) is 3.84. The molecule has 23 heavy (non-hydrogen) atoms. The summed E-state index contributed by atoms with van der Waals surface area (Å²) in [5, 5.41) is 3.63. The molecule has 0 spiro atoms. The molecule has 0 saturated heterocycles. The van der Waals surface area contributed by atoms with Crippen molar-refractivity contribution in [3.63, 3.8) is 0 Å². The first-order valence-electron chi connectivity index (χ1n) is 7.57. The van der Waals surface area contributed by atoms with Gasteiger partial charge in [0.05, 0.1) is 13.2 Å². The Balaban J connectivity index is 1.85. The van der Waals surface area contributed by atoms with Crippen LogP contribution in [0.3, 0.4) is 0 Å². The van der Waals surface area contributed by atoms with Crippen molar-refractivity contribution in [1.29, 1.82) is 0 Å². The molecular weight excluding hydrogens is 306 g/mol. The second-order valence-electron chi connectivity index (χ2n) is 5.50. The molecule has 3 aromatic rings. The summed E-state index contributed by atoms with van der Waals surface area (Å²) in [6.45, 7) is 2.95. The van der Waals surface area contributed by atoms with E-state index in [-0.39, 0.29) is 6.04 Å². The molecular formula is C18H21N3OS. The van der Waals surface area contributed by atoms with Crippen LogP contribution in [0.5, 0.6) is 5.75 Å². The van der Waals surface area contributed by atoms with Crippen molar-refractivity contribution in [2.75, 3.05) is 7.11 Å². The maximum absolute atomic E-state index is 5.26. The third-order valence-corrected chi connectivity index (χ3v) is 4.84. The molecule has 0 fully saturated rings. The van der Waals surface area contributed by atoms with E-state index in [2.05, 4.69) is 46.1 Å². The molecule has 1 atom stereocenters. The van der Waals surface area contributed by atoms with Crippen molar-refractivity contribution in [2.45, 2.75) is 19.5 Å². The fourth-order valence-electron chi connectivity index (χ4n) is 2.59. The topological polar surface area (TPSA) is 39.1 Å². The molecule has 2 heterocycles. The molecule has 0 amide bonds. The Hall–Kier alpha value is -2.11. The van der Waals surface area contributed by atoms with Crippen LogP contribution in [-0.2, 0) is 13.6 Å². The van der Waals surface area contributed by atoms with E-state index in [4.69, 9.17) is 4.74 Å². The smallest absolute Gasteiger partial charge is 0.130 e. The minimum atomic E-state index is 0.0447. The van der Waals surface area contributed by atoms with Gasteiger partial charge >= 0.3 is 0 Å². The summed E-state index contributed by atoms with van der Waals surface area (Å²) in [4.78, 5) is 7.19. The van der Waals surface area contributed by atoms with E-state index >= 15 is 0 Å². The molecule has 0 aliphatic carbocycles. The Labute approximate surface area is 140 Å². The van der Waals surface area contributed by atoms with Gasteiger partial charge in [0.1, 0.15) is 11.6 Å². The highest BCUT2D eigenvalue weighted by molar-refractivity contribution is 7.11. The summed E-state index contributed by atoms with van der Waals surface area (Å²) >= 11 is 1.82. The van der Waals surface area contributed by atoms with Gasteiger partial charge in [0.2, 0.25) is 0 Å². The predicted octanol–water partition coefficient (Wildman–Crippen LogP) is 3.68. The molecule has 0 bridgehead atoms. The van der Waals surface area contributed by atoms with Gasteiger partial charge in [0.15, 0.2) is 0 Å². The quantitative estimate of drug-likeness (QED) is 0.751. The summed E-state index contributed by atoms with van der Waals surface area (Å²) in [7, 11) is 3.71. The van der Waals surface area contributed by atoms with E-state index in [1.165, 1.54) is 15.3 Å². The maximum atomic E-state index is 5.26. The second-order valence-corrected chi connectivity index (χ2v) is 6.87. The van der Waals surface area contributed by atoms with E-state index < -0.39 is 0 Å². The van der Waals surface area contributed by atoms with Gasteiger partial charge in [-0.25, -0.2) is 4.98 Å². The average Bonchev–Trinajstić information content (AvgIpc) is 3.17. The van der Waals surface area contributed by atoms with Gasteiger partial charge in [-0.15, -0.1) is 11.3 Å². The van der Waals surface area contributed by atoms with Gasteiger partial charge in [-0.1, -0.05) is 12.1 Å². The van der Waals surface area contributed by atoms with Crippen LogP contribution < -0.4 is 10.1 Å². The lowest BCUT2D eigenvalue weighted by Crippen LogP contribution is -2.24. The first kappa shape index (κ1) is 15.8. The summed E-state index contributed by atoms with van der Waals surface area (Å²) in [5.74, 6) is 1.87. The lowest BCUT2D eigenvalue weighted by Gasteiger charge is -2.19. The normalized spacial score (nSPS) is 12.3. The van der Waals surface area contributed by atoms with Crippen LogP contribution >= 0.6 is 11.3 Å². The highest BCUT2D eigenvalue weighted by atomic mass is 32.1. The predicted molar refractivity (Wildman–Crippen MR) is 93.9 cm³/mol. The monoisotopic (exact) mass is 327 g/mol. The number of nitrogens with one attached hydrogen (secondary N) is 1. The lowest BCUT2D eigenvalue weighted by atomic mass is 10.1. The lowest BCUT2D eigenvalue weighted by molar-refractivity contribution is 0.414. The van der Waals surface area contributed by atoms with Gasteiger partial charge in [-0.2, -0.15) is 0 Å². The number of benzene rings is 1. The van der Waals surface area contributed by atoms with Crippen LogP contribution in [0.25, 0.3) is 0 Å². The highest BCUT2D eigenvalue weighted by Crippen LogP contribution is 2.24. The molecule has 120 valence electrons. The van der Waals surface area contributed by atoms with E-state index in [1.807, 2.05) is 42.9 Å². The van der Waals surface area contributed by atoms with Crippen molar-refractivity contribution in [2.24, 2.45) is 7.05 Å². The first-order valence-corrected chi connectivity index (χ1v) is 8.39. The van der Waals surface area contributed by atoms with Crippen molar-refractivity contribution in [3.05, 3.63) is 69.9 Å². The van der Waals surface area contributed by atoms with Gasteiger partial charge in [-0.3, -0.25) is 5.32 Å². The Morgan fingerprint density at radius 3 is 2.57 bits per heavy atom. The SMILES string of the molecule is COc1ccc([C@@H](NCc2ccc(C)s2)c2nccn2C)cc1. The van der Waals surface area contributed by atoms with Gasteiger partial charge < -0.3 is 9.30 Å². The zero-order valence-electron chi connectivity index (χ0n) is 13.6. The van der Waals surface area contributed by atoms with Crippen LogP contribution in [-0.4, -0.2) is 16.7 Å². The fraction of sp³-hybridized carbons (Fsp3) is 0.278. The molecule has 1 aromatic carbocycles. The van der Waals surface area contributed by atoms with Gasteiger partial charge in [0.25, 0.3) is 0 Å². The zero-order valence-corrected chi connectivity index (χ0v) is 14.4. The largest absolute Gasteiger partial charge is 0.497 e. The summed E-state index contributed by atoms with van der Waals surface area (Å²) in [6, 6.07) is 12.5. The third kappa shape index (κ3) is 3.63. The molecule has 0 radical (unpaired) electrons. The molecule has 5 heteroatoms. The van der Waals surface area contributed by atoms with E-state index in [0.717, 1.165) is 18.1 Å². The first-order chi connectivity index (χ1) is 11.2. The fourth-order valence-corrected chi connectivity index (χ4v) is 3.43. The number of thiophene rings is 1. The number of imidazole rings is 1. The highest BCUT2D eigenvalue weighted by Gasteiger charge is 2.18. The number of rotatable bonds is 6. The number of aryl methyl sites for hydroxylation is 2. The summed E-state index contributed by atoms with van der Waals surface area (Å²) in [5.41, 5.74) is 1.17. The summed E-state index contributed by atoms with van der Waals surface area (Å²) in [6.07, 6.45) is 3.81. The van der Waals surface area contributed by atoms with Crippen LogP contribution in [0.15, 0.2) is 48.8 Å². The molecule has 0 aliphatic rings. The number of hydrogen-bond donors (Lipinski definition) is 1. The Morgan fingerprint density at radius 1 is 1.22 bits per heavy atom. The molecule has 4 nitrogen and oxygen atoms in total. The van der Waals surface area contributed by atoms with Gasteiger partial charge in [-0.05, 0) is 36.8 Å². The van der Waals surface area contributed by atoms with Crippen molar-refractivity contribution in [3.8, 4) is 5.75 Å². The van der Waals surface area contributed by atoms with Crippen LogP contribution in [0.1, 0.15) is 27.2 Å². The summed E-state index contributed by atoms with van der Waals surface area (Å²) < 4.78 is 7.31. The number of aromatic nitrogens is 2. The standard InChI is InChI=1S/C18H21N3OS/c1-13-4-9-16(23-13)12-20-17(18-19-10-11-21(18)2)14-5-7-15(22-3)8-6-14/h4-11,17,20H,12H2,1-3H3/t17-/m1/s1. The van der Waals surface area contributed by atoms with E-state index in [9.17, 15) is 0 Å². The molecule has 3 rings (SSSR count). The van der Waals surface area contributed by atoms with E-state index in [1.54, 1.807) is 7.11 Å². The van der Waals surface area contributed by atoms with Crippen molar-refractivity contribution in [1.82, 2.24) is 14.9 Å².